The van der Waals surface area contributed by atoms with Crippen LogP contribution in [0, 0.1) is 0 Å². The smallest absolute Gasteiger partial charge is 0.248 e. The third-order valence-corrected chi connectivity index (χ3v) is 1.24. The Morgan fingerprint density at radius 2 is 2.08 bits per heavy atom. The second kappa shape index (κ2) is 5.22. The number of carbonyl (C=O) groups is 2. The molecule has 1 radical (unpaired) electrons. The Kier molecular flexibility index (Phi) is 4.63. The summed E-state index contributed by atoms with van der Waals surface area (Å²) >= 11 is 0. The number of rotatable bonds is 5. The summed E-state index contributed by atoms with van der Waals surface area (Å²) in [5, 5.41) is 10.9. The molecule has 0 saturated carbocycles. The number of nitrogens with two attached hydrogens (primary N) is 2. The molecule has 0 rings (SSSR count). The van der Waals surface area contributed by atoms with Crippen molar-refractivity contribution in [1.82, 2.24) is 5.32 Å². The highest BCUT2D eigenvalue weighted by Gasteiger charge is 2.25. The van der Waals surface area contributed by atoms with E-state index < -0.39 is 24.0 Å². The molecule has 0 unspecified atom stereocenters. The van der Waals surface area contributed by atoms with Gasteiger partial charge in [-0.05, 0) is 0 Å². The van der Waals surface area contributed by atoms with Gasteiger partial charge in [-0.2, -0.15) is 0 Å². The fourth-order valence-electron chi connectivity index (χ4n) is 0.569. The summed E-state index contributed by atoms with van der Waals surface area (Å²) in [7, 11) is 0. The number of nitrogens with one attached hydrogen (secondary N) is 1. The Labute approximate surface area is 74.1 Å². The Morgan fingerprint density at radius 3 is 2.38 bits per heavy atom. The van der Waals surface area contributed by atoms with Gasteiger partial charge >= 0.3 is 0 Å². The van der Waals surface area contributed by atoms with Crippen molar-refractivity contribution in [3.05, 3.63) is 0 Å². The van der Waals surface area contributed by atoms with E-state index in [9.17, 15) is 14.4 Å². The first kappa shape index (κ1) is 11.5. The molecular weight excluding hydrogens is 178 g/mol. The molecule has 6 N–H and O–H groups in total. The standard InChI is InChI=1S/C6H10N3O4/c7-1-4(11)9-3(2-10)5(12)6(8)13/h3,5,12H,1,7H2,(H2,8,13)(H,9,11)/t3-,5-/m1/s1. The minimum absolute atomic E-state index is 0.357. The fourth-order valence-corrected chi connectivity index (χ4v) is 0.569. The van der Waals surface area contributed by atoms with E-state index in [0.29, 0.717) is 0 Å². The summed E-state index contributed by atoms with van der Waals surface area (Å²) < 4.78 is 0. The zero-order chi connectivity index (χ0) is 10.4. The Hall–Kier alpha value is -1.47. The maximum Gasteiger partial charge on any atom is 0.248 e. The number of primary amides is 1. The molecule has 13 heavy (non-hydrogen) atoms. The van der Waals surface area contributed by atoms with Crippen LogP contribution in [0.5, 0.6) is 0 Å². The molecule has 0 aromatic heterocycles. The van der Waals surface area contributed by atoms with E-state index in [2.05, 4.69) is 5.73 Å². The van der Waals surface area contributed by atoms with Gasteiger partial charge in [-0.3, -0.25) is 14.4 Å². The maximum atomic E-state index is 10.6. The van der Waals surface area contributed by atoms with Crippen LogP contribution in [0.15, 0.2) is 0 Å². The molecule has 0 bridgehead atoms. The van der Waals surface area contributed by atoms with Crippen LogP contribution in [0.25, 0.3) is 0 Å². The summed E-state index contributed by atoms with van der Waals surface area (Å²) in [5.41, 5.74) is 9.59. The van der Waals surface area contributed by atoms with E-state index in [1.807, 2.05) is 5.32 Å². The lowest BCUT2D eigenvalue weighted by molar-refractivity contribution is -0.127. The van der Waals surface area contributed by atoms with Crippen molar-refractivity contribution in [2.45, 2.75) is 12.1 Å². The van der Waals surface area contributed by atoms with Gasteiger partial charge in [-0.15, -0.1) is 0 Å². The van der Waals surface area contributed by atoms with Gasteiger partial charge in [0.2, 0.25) is 18.1 Å². The highest BCUT2D eigenvalue weighted by atomic mass is 16.3. The molecule has 0 aliphatic rings. The molecule has 73 valence electrons. The van der Waals surface area contributed by atoms with Crippen LogP contribution in [-0.4, -0.2) is 41.9 Å². The van der Waals surface area contributed by atoms with Crippen LogP contribution in [0.2, 0.25) is 0 Å². The zero-order valence-corrected chi connectivity index (χ0v) is 6.69. The van der Waals surface area contributed by atoms with Crippen molar-refractivity contribution in [1.29, 1.82) is 0 Å². The van der Waals surface area contributed by atoms with Crippen molar-refractivity contribution in [2.24, 2.45) is 11.5 Å². The molecule has 2 amide bonds. The molecule has 0 aliphatic carbocycles. The fraction of sp³-hybridized carbons (Fsp3) is 0.500. The predicted octanol–water partition coefficient (Wildman–Crippen LogP) is -3.61. The van der Waals surface area contributed by atoms with E-state index >= 15 is 0 Å². The Morgan fingerprint density at radius 1 is 1.54 bits per heavy atom. The topological polar surface area (TPSA) is 136 Å². The van der Waals surface area contributed by atoms with Crippen LogP contribution in [-0.2, 0) is 14.4 Å². The van der Waals surface area contributed by atoms with Crippen LogP contribution >= 0.6 is 0 Å². The molecule has 7 nitrogen and oxygen atoms in total. The summed E-state index contributed by atoms with van der Waals surface area (Å²) in [5.74, 6) is -1.81. The molecule has 0 aromatic carbocycles. The van der Waals surface area contributed by atoms with E-state index in [4.69, 9.17) is 10.8 Å². The van der Waals surface area contributed by atoms with Gasteiger partial charge < -0.3 is 21.9 Å². The average molecular weight is 188 g/mol. The van der Waals surface area contributed by atoms with Gasteiger partial charge in [0.25, 0.3) is 0 Å². The highest BCUT2D eigenvalue weighted by molar-refractivity contribution is 5.87. The van der Waals surface area contributed by atoms with E-state index in [1.165, 1.54) is 6.29 Å². The first-order valence-corrected chi connectivity index (χ1v) is 3.37. The van der Waals surface area contributed by atoms with Gasteiger partial charge in [0.15, 0.2) is 6.10 Å². The third-order valence-electron chi connectivity index (χ3n) is 1.24. The SMILES string of the molecule is NCC(=O)N[C@H]([C]=O)[C@@H](O)C(N)=O. The van der Waals surface area contributed by atoms with Crippen LogP contribution in [0.1, 0.15) is 0 Å². The lowest BCUT2D eigenvalue weighted by Gasteiger charge is -2.14. The number of hydrogen-bond donors (Lipinski definition) is 4. The third kappa shape index (κ3) is 3.63. The van der Waals surface area contributed by atoms with Crippen molar-refractivity contribution >= 4 is 18.1 Å². The molecule has 0 aliphatic heterocycles. The van der Waals surface area contributed by atoms with Crippen LogP contribution in [0.3, 0.4) is 0 Å². The lowest BCUT2D eigenvalue weighted by Crippen LogP contribution is -2.51. The second-order valence-corrected chi connectivity index (χ2v) is 2.21. The minimum Gasteiger partial charge on any atom is -0.381 e. The number of hydrogen-bond acceptors (Lipinski definition) is 5. The summed E-state index contributed by atoms with van der Waals surface area (Å²) in [6, 6.07) is -1.46. The minimum atomic E-state index is -1.78. The van der Waals surface area contributed by atoms with Crippen molar-refractivity contribution in [2.75, 3.05) is 6.54 Å². The monoisotopic (exact) mass is 188 g/mol. The van der Waals surface area contributed by atoms with Crippen LogP contribution in [0.4, 0.5) is 0 Å². The van der Waals surface area contributed by atoms with E-state index in [0.717, 1.165) is 0 Å². The largest absolute Gasteiger partial charge is 0.381 e. The van der Waals surface area contributed by atoms with E-state index in [-0.39, 0.29) is 6.54 Å². The molecule has 0 aromatic rings. The highest BCUT2D eigenvalue weighted by Crippen LogP contribution is 1.88. The number of carbonyl (C=O) groups excluding carboxylic acids is 3. The Balaban J connectivity index is 4.25. The van der Waals surface area contributed by atoms with Gasteiger partial charge in [-0.1, -0.05) is 0 Å². The molecule has 0 saturated heterocycles. The second-order valence-electron chi connectivity index (χ2n) is 2.21. The molecule has 0 fully saturated rings. The number of amides is 2. The van der Waals surface area contributed by atoms with Crippen LogP contribution < -0.4 is 16.8 Å². The van der Waals surface area contributed by atoms with Gasteiger partial charge in [0.1, 0.15) is 6.04 Å². The predicted molar refractivity (Wildman–Crippen MR) is 41.9 cm³/mol. The van der Waals surface area contributed by atoms with Crippen molar-refractivity contribution < 1.29 is 19.5 Å². The molecular formula is C6H10N3O4. The van der Waals surface area contributed by atoms with Crippen molar-refractivity contribution in [3.8, 4) is 0 Å². The number of aliphatic hydroxyl groups is 1. The van der Waals surface area contributed by atoms with Crippen molar-refractivity contribution in [3.63, 3.8) is 0 Å². The molecule has 2 atom stereocenters. The summed E-state index contributed by atoms with van der Waals surface area (Å²) in [6.45, 7) is -0.357. The van der Waals surface area contributed by atoms with Gasteiger partial charge in [0.05, 0.1) is 6.54 Å². The molecule has 0 spiro atoms. The first-order chi connectivity index (χ1) is 6.02. The average Bonchev–Trinajstić information content (AvgIpc) is 2.12. The summed E-state index contributed by atoms with van der Waals surface area (Å²) in [6.07, 6.45) is -0.524. The summed E-state index contributed by atoms with van der Waals surface area (Å²) in [4.78, 5) is 31.2. The molecule has 0 heterocycles. The normalized spacial score (nSPS) is 14.3. The lowest BCUT2D eigenvalue weighted by atomic mass is 10.1. The van der Waals surface area contributed by atoms with E-state index in [1.54, 1.807) is 0 Å². The van der Waals surface area contributed by atoms with Gasteiger partial charge in [0, 0.05) is 0 Å². The quantitative estimate of drug-likeness (QED) is 0.353. The zero-order valence-electron chi connectivity index (χ0n) is 6.69. The number of aliphatic hydroxyl groups excluding tert-OH is 1. The first-order valence-electron chi connectivity index (χ1n) is 3.37. The molecule has 7 heteroatoms. The maximum absolute atomic E-state index is 10.6. The van der Waals surface area contributed by atoms with Gasteiger partial charge in [-0.25, -0.2) is 0 Å². The Bertz CT molecular complexity index is 218.